The van der Waals surface area contributed by atoms with Gasteiger partial charge in [-0.3, -0.25) is 0 Å². The molecular weight excluding hydrogens is 156 g/mol. The molecule has 0 saturated heterocycles. The van der Waals surface area contributed by atoms with Gasteiger partial charge in [-0.15, -0.1) is 0 Å². The second-order valence-corrected chi connectivity index (χ2v) is 4.20. The van der Waals surface area contributed by atoms with Gasteiger partial charge >= 0.3 is 0 Å². The van der Waals surface area contributed by atoms with Gasteiger partial charge in [-0.05, 0) is 51.9 Å². The topological polar surface area (TPSA) is 0 Å². The number of hydrogen-bond donors (Lipinski definition) is 0. The fourth-order valence-corrected chi connectivity index (χ4v) is 2.02. The summed E-state index contributed by atoms with van der Waals surface area (Å²) in [6.07, 6.45) is 11.4. The molecular formula is C13H22. The van der Waals surface area contributed by atoms with E-state index in [4.69, 9.17) is 0 Å². The number of allylic oxidation sites excluding steroid dienone is 4. The molecule has 1 rings (SSSR count). The Bertz CT molecular complexity index is 208. The molecule has 1 aliphatic carbocycles. The first-order valence-electron chi connectivity index (χ1n) is 5.56. The summed E-state index contributed by atoms with van der Waals surface area (Å²) in [5.41, 5.74) is 3.23. The van der Waals surface area contributed by atoms with E-state index >= 15 is 0 Å². The van der Waals surface area contributed by atoms with E-state index in [0.717, 1.165) is 5.92 Å². The molecule has 0 aliphatic heterocycles. The molecule has 0 fully saturated rings. The quantitative estimate of drug-likeness (QED) is 0.559. The lowest BCUT2D eigenvalue weighted by Crippen LogP contribution is -2.05. The highest BCUT2D eigenvalue weighted by Crippen LogP contribution is 2.29. The minimum Gasteiger partial charge on any atom is -0.0887 e. The summed E-state index contributed by atoms with van der Waals surface area (Å²) in [7, 11) is 0. The van der Waals surface area contributed by atoms with Crippen molar-refractivity contribution in [2.24, 2.45) is 5.92 Å². The minimum atomic E-state index is 0.923. The molecule has 0 radical (unpaired) electrons. The fraction of sp³-hybridized carbons (Fsp3) is 0.692. The average molecular weight is 178 g/mol. The standard InChI is InChI=1S/C13H22/c1-4-11(3)10-13-8-6-12(5-2)7-9-13/h4,6,13H,5,7-10H2,1-3H3. The second-order valence-electron chi connectivity index (χ2n) is 4.20. The molecule has 0 heteroatoms. The van der Waals surface area contributed by atoms with Crippen LogP contribution in [0.5, 0.6) is 0 Å². The molecule has 74 valence electrons. The first kappa shape index (κ1) is 10.6. The first-order valence-corrected chi connectivity index (χ1v) is 5.56. The van der Waals surface area contributed by atoms with E-state index in [-0.39, 0.29) is 0 Å². The van der Waals surface area contributed by atoms with Crippen LogP contribution in [0.25, 0.3) is 0 Å². The van der Waals surface area contributed by atoms with Gasteiger partial charge in [0.25, 0.3) is 0 Å². The molecule has 1 unspecified atom stereocenters. The largest absolute Gasteiger partial charge is 0.0887 e. The van der Waals surface area contributed by atoms with Gasteiger partial charge in [0.2, 0.25) is 0 Å². The normalized spacial score (nSPS) is 24.4. The third kappa shape index (κ3) is 3.38. The van der Waals surface area contributed by atoms with Crippen LogP contribution in [0.4, 0.5) is 0 Å². The molecule has 0 aromatic carbocycles. The van der Waals surface area contributed by atoms with Crippen molar-refractivity contribution in [1.29, 1.82) is 0 Å². The highest BCUT2D eigenvalue weighted by Gasteiger charge is 2.13. The Morgan fingerprint density at radius 2 is 2.38 bits per heavy atom. The fourth-order valence-electron chi connectivity index (χ4n) is 2.02. The highest BCUT2D eigenvalue weighted by atomic mass is 14.2. The summed E-state index contributed by atoms with van der Waals surface area (Å²) in [5, 5.41) is 0. The van der Waals surface area contributed by atoms with Crippen LogP contribution in [0, 0.1) is 5.92 Å². The van der Waals surface area contributed by atoms with Gasteiger partial charge in [0, 0.05) is 0 Å². The van der Waals surface area contributed by atoms with Crippen molar-refractivity contribution >= 4 is 0 Å². The average Bonchev–Trinajstić information content (AvgIpc) is 2.19. The van der Waals surface area contributed by atoms with Gasteiger partial charge in [0.05, 0.1) is 0 Å². The van der Waals surface area contributed by atoms with Crippen LogP contribution in [-0.4, -0.2) is 0 Å². The maximum absolute atomic E-state index is 2.47. The molecule has 0 aromatic heterocycles. The Hall–Kier alpha value is -0.520. The number of hydrogen-bond acceptors (Lipinski definition) is 0. The van der Waals surface area contributed by atoms with Crippen molar-refractivity contribution in [3.05, 3.63) is 23.3 Å². The summed E-state index contributed by atoms with van der Waals surface area (Å²) in [4.78, 5) is 0. The van der Waals surface area contributed by atoms with Crippen molar-refractivity contribution < 1.29 is 0 Å². The summed E-state index contributed by atoms with van der Waals surface area (Å²) in [5.74, 6) is 0.923. The van der Waals surface area contributed by atoms with Crippen LogP contribution in [0.15, 0.2) is 23.3 Å². The molecule has 0 amide bonds. The van der Waals surface area contributed by atoms with Crippen LogP contribution in [0.1, 0.15) is 52.9 Å². The van der Waals surface area contributed by atoms with E-state index in [1.54, 1.807) is 11.1 Å². The Kier molecular flexibility index (Phi) is 4.27. The SMILES string of the molecule is CC=C(C)CC1CC=C(CC)CC1. The Balaban J connectivity index is 2.37. The molecule has 1 aliphatic rings. The van der Waals surface area contributed by atoms with Gasteiger partial charge in [0.1, 0.15) is 0 Å². The van der Waals surface area contributed by atoms with E-state index in [0.29, 0.717) is 0 Å². The third-order valence-electron chi connectivity index (χ3n) is 3.17. The second kappa shape index (κ2) is 5.26. The third-order valence-corrected chi connectivity index (χ3v) is 3.17. The molecule has 0 aromatic rings. The summed E-state index contributed by atoms with van der Waals surface area (Å²) in [6.45, 7) is 6.66. The zero-order chi connectivity index (χ0) is 9.68. The van der Waals surface area contributed by atoms with E-state index in [1.165, 1.54) is 32.1 Å². The van der Waals surface area contributed by atoms with Crippen LogP contribution < -0.4 is 0 Å². The Morgan fingerprint density at radius 3 is 2.85 bits per heavy atom. The lowest BCUT2D eigenvalue weighted by molar-refractivity contribution is 0.461. The minimum absolute atomic E-state index is 0.923. The Labute approximate surface area is 82.7 Å². The van der Waals surface area contributed by atoms with E-state index < -0.39 is 0 Å². The predicted molar refractivity (Wildman–Crippen MR) is 59.8 cm³/mol. The van der Waals surface area contributed by atoms with Crippen molar-refractivity contribution in [1.82, 2.24) is 0 Å². The molecule has 0 N–H and O–H groups in total. The zero-order valence-electron chi connectivity index (χ0n) is 9.27. The van der Waals surface area contributed by atoms with Crippen molar-refractivity contribution in [2.75, 3.05) is 0 Å². The van der Waals surface area contributed by atoms with Gasteiger partial charge in [0.15, 0.2) is 0 Å². The van der Waals surface area contributed by atoms with E-state index in [1.807, 2.05) is 0 Å². The maximum atomic E-state index is 2.47. The smallest absolute Gasteiger partial charge is 0.0292 e. The summed E-state index contributed by atoms with van der Waals surface area (Å²) in [6, 6.07) is 0. The highest BCUT2D eigenvalue weighted by molar-refractivity contribution is 5.08. The molecule has 0 saturated carbocycles. The van der Waals surface area contributed by atoms with Crippen molar-refractivity contribution in [3.63, 3.8) is 0 Å². The van der Waals surface area contributed by atoms with E-state index in [9.17, 15) is 0 Å². The number of rotatable bonds is 3. The van der Waals surface area contributed by atoms with Gasteiger partial charge < -0.3 is 0 Å². The molecule has 0 bridgehead atoms. The van der Waals surface area contributed by atoms with Crippen LogP contribution >= 0.6 is 0 Å². The maximum Gasteiger partial charge on any atom is -0.0292 e. The van der Waals surface area contributed by atoms with Crippen molar-refractivity contribution in [3.8, 4) is 0 Å². The molecule has 13 heavy (non-hydrogen) atoms. The zero-order valence-corrected chi connectivity index (χ0v) is 9.27. The molecule has 1 atom stereocenters. The summed E-state index contributed by atoms with van der Waals surface area (Å²) >= 11 is 0. The van der Waals surface area contributed by atoms with Gasteiger partial charge in [-0.2, -0.15) is 0 Å². The van der Waals surface area contributed by atoms with Crippen LogP contribution in [-0.2, 0) is 0 Å². The van der Waals surface area contributed by atoms with Gasteiger partial charge in [-0.1, -0.05) is 30.2 Å². The van der Waals surface area contributed by atoms with Crippen LogP contribution in [0.3, 0.4) is 0 Å². The Morgan fingerprint density at radius 1 is 1.62 bits per heavy atom. The predicted octanol–water partition coefficient (Wildman–Crippen LogP) is 4.48. The lowest BCUT2D eigenvalue weighted by Gasteiger charge is -2.21. The molecule has 0 spiro atoms. The van der Waals surface area contributed by atoms with Crippen molar-refractivity contribution in [2.45, 2.75) is 52.9 Å². The molecule has 0 heterocycles. The lowest BCUT2D eigenvalue weighted by atomic mass is 9.85. The monoisotopic (exact) mass is 178 g/mol. The van der Waals surface area contributed by atoms with Crippen LogP contribution in [0.2, 0.25) is 0 Å². The first-order chi connectivity index (χ1) is 6.26. The van der Waals surface area contributed by atoms with Gasteiger partial charge in [-0.25, -0.2) is 0 Å². The molecule has 0 nitrogen and oxygen atoms in total. The van der Waals surface area contributed by atoms with E-state index in [2.05, 4.69) is 32.9 Å². The summed E-state index contributed by atoms with van der Waals surface area (Å²) < 4.78 is 0.